The SMILES string of the molecule is CCC[C@H](N)c1c(Br)ccc(C)c1O. The van der Waals surface area contributed by atoms with Crippen molar-refractivity contribution < 1.29 is 5.11 Å². The second kappa shape index (κ2) is 4.80. The summed E-state index contributed by atoms with van der Waals surface area (Å²) in [6, 6.07) is 3.72. The average Bonchev–Trinajstić information content (AvgIpc) is 2.13. The van der Waals surface area contributed by atoms with E-state index in [0.717, 1.165) is 28.4 Å². The summed E-state index contributed by atoms with van der Waals surface area (Å²) in [6.07, 6.45) is 1.90. The molecule has 2 nitrogen and oxygen atoms in total. The van der Waals surface area contributed by atoms with Crippen molar-refractivity contribution in [2.24, 2.45) is 5.73 Å². The minimum Gasteiger partial charge on any atom is -0.507 e. The molecule has 1 aromatic carbocycles. The van der Waals surface area contributed by atoms with Crippen LogP contribution in [0.3, 0.4) is 0 Å². The van der Waals surface area contributed by atoms with Crippen molar-refractivity contribution >= 4 is 15.9 Å². The average molecular weight is 258 g/mol. The van der Waals surface area contributed by atoms with E-state index in [1.54, 1.807) is 0 Å². The van der Waals surface area contributed by atoms with Crippen LogP contribution in [0.5, 0.6) is 5.75 Å². The van der Waals surface area contributed by atoms with Gasteiger partial charge in [0.25, 0.3) is 0 Å². The first kappa shape index (κ1) is 11.5. The van der Waals surface area contributed by atoms with Crippen LogP contribution in [0.4, 0.5) is 0 Å². The molecule has 0 heterocycles. The summed E-state index contributed by atoms with van der Waals surface area (Å²) in [6.45, 7) is 3.96. The number of phenolic OH excluding ortho intramolecular Hbond substituents is 1. The fourth-order valence-electron chi connectivity index (χ4n) is 1.50. The molecular weight excluding hydrogens is 242 g/mol. The van der Waals surface area contributed by atoms with E-state index in [4.69, 9.17) is 5.73 Å². The lowest BCUT2D eigenvalue weighted by molar-refractivity contribution is 0.453. The molecule has 0 radical (unpaired) electrons. The number of phenols is 1. The van der Waals surface area contributed by atoms with E-state index in [2.05, 4.69) is 22.9 Å². The minimum atomic E-state index is -0.0886. The maximum Gasteiger partial charge on any atom is 0.124 e. The summed E-state index contributed by atoms with van der Waals surface area (Å²) >= 11 is 3.41. The normalized spacial score (nSPS) is 12.9. The fourth-order valence-corrected chi connectivity index (χ4v) is 2.11. The van der Waals surface area contributed by atoms with E-state index in [-0.39, 0.29) is 6.04 Å². The van der Waals surface area contributed by atoms with Gasteiger partial charge >= 0.3 is 0 Å². The molecule has 0 aliphatic heterocycles. The Morgan fingerprint density at radius 2 is 2.14 bits per heavy atom. The van der Waals surface area contributed by atoms with Crippen LogP contribution in [-0.4, -0.2) is 5.11 Å². The molecule has 0 unspecified atom stereocenters. The molecule has 0 amide bonds. The molecule has 1 rings (SSSR count). The molecular formula is C11H16BrNO. The molecule has 3 heteroatoms. The van der Waals surface area contributed by atoms with Crippen LogP contribution in [0, 0.1) is 6.92 Å². The maximum absolute atomic E-state index is 9.87. The molecule has 78 valence electrons. The van der Waals surface area contributed by atoms with Crippen molar-refractivity contribution in [2.45, 2.75) is 32.7 Å². The highest BCUT2D eigenvalue weighted by atomic mass is 79.9. The highest BCUT2D eigenvalue weighted by Gasteiger charge is 2.15. The zero-order valence-corrected chi connectivity index (χ0v) is 10.1. The van der Waals surface area contributed by atoms with Gasteiger partial charge in [-0.2, -0.15) is 0 Å². The van der Waals surface area contributed by atoms with E-state index >= 15 is 0 Å². The van der Waals surface area contributed by atoms with Gasteiger partial charge in [0.15, 0.2) is 0 Å². The van der Waals surface area contributed by atoms with Crippen LogP contribution in [0.1, 0.15) is 36.9 Å². The van der Waals surface area contributed by atoms with Gasteiger partial charge < -0.3 is 10.8 Å². The Morgan fingerprint density at radius 3 is 2.71 bits per heavy atom. The third kappa shape index (κ3) is 2.28. The van der Waals surface area contributed by atoms with Gasteiger partial charge in [0.2, 0.25) is 0 Å². The van der Waals surface area contributed by atoms with Crippen LogP contribution >= 0.6 is 15.9 Å². The standard InChI is InChI=1S/C11H16BrNO/c1-3-4-9(13)10-8(12)6-5-7(2)11(10)14/h5-6,9,14H,3-4,13H2,1-2H3/t9-/m0/s1. The number of hydrogen-bond donors (Lipinski definition) is 2. The number of benzene rings is 1. The van der Waals surface area contributed by atoms with Crippen molar-refractivity contribution in [1.82, 2.24) is 0 Å². The van der Waals surface area contributed by atoms with E-state index in [0.29, 0.717) is 5.75 Å². The number of nitrogens with two attached hydrogens (primary N) is 1. The van der Waals surface area contributed by atoms with E-state index < -0.39 is 0 Å². The van der Waals surface area contributed by atoms with Gasteiger partial charge in [-0.3, -0.25) is 0 Å². The molecule has 0 saturated carbocycles. The monoisotopic (exact) mass is 257 g/mol. The Labute approximate surface area is 93.3 Å². The number of aromatic hydroxyl groups is 1. The van der Waals surface area contributed by atoms with Crippen LogP contribution in [0.2, 0.25) is 0 Å². The predicted molar refractivity (Wildman–Crippen MR) is 62.4 cm³/mol. The summed E-state index contributed by atoms with van der Waals surface area (Å²) in [5.41, 5.74) is 7.68. The zero-order valence-electron chi connectivity index (χ0n) is 8.55. The third-order valence-electron chi connectivity index (χ3n) is 2.34. The van der Waals surface area contributed by atoms with Crippen LogP contribution in [0.15, 0.2) is 16.6 Å². The molecule has 0 aliphatic carbocycles. The first-order valence-corrected chi connectivity index (χ1v) is 5.60. The lowest BCUT2D eigenvalue weighted by Gasteiger charge is -2.16. The molecule has 0 bridgehead atoms. The van der Waals surface area contributed by atoms with Crippen molar-refractivity contribution in [2.75, 3.05) is 0 Å². The second-order valence-corrected chi connectivity index (χ2v) is 4.38. The molecule has 0 spiro atoms. The van der Waals surface area contributed by atoms with Crippen molar-refractivity contribution in [3.63, 3.8) is 0 Å². The Morgan fingerprint density at radius 1 is 1.50 bits per heavy atom. The fraction of sp³-hybridized carbons (Fsp3) is 0.455. The first-order valence-electron chi connectivity index (χ1n) is 4.81. The summed E-state index contributed by atoms with van der Waals surface area (Å²) in [4.78, 5) is 0. The van der Waals surface area contributed by atoms with Gasteiger partial charge in [-0.1, -0.05) is 35.3 Å². The number of aryl methyl sites for hydroxylation is 1. The third-order valence-corrected chi connectivity index (χ3v) is 3.03. The zero-order chi connectivity index (χ0) is 10.7. The minimum absolute atomic E-state index is 0.0886. The number of hydrogen-bond acceptors (Lipinski definition) is 2. The predicted octanol–water partition coefficient (Wildman–Crippen LogP) is 3.26. The smallest absolute Gasteiger partial charge is 0.124 e. The van der Waals surface area contributed by atoms with Gasteiger partial charge in [-0.25, -0.2) is 0 Å². The van der Waals surface area contributed by atoms with Crippen LogP contribution in [-0.2, 0) is 0 Å². The Kier molecular flexibility index (Phi) is 3.96. The van der Waals surface area contributed by atoms with E-state index in [9.17, 15) is 5.11 Å². The van der Waals surface area contributed by atoms with E-state index in [1.165, 1.54) is 0 Å². The Hall–Kier alpha value is -0.540. The van der Waals surface area contributed by atoms with Crippen LogP contribution in [0.25, 0.3) is 0 Å². The van der Waals surface area contributed by atoms with Gasteiger partial charge in [0.05, 0.1) is 0 Å². The topological polar surface area (TPSA) is 46.2 Å². The highest BCUT2D eigenvalue weighted by Crippen LogP contribution is 2.34. The molecule has 0 saturated heterocycles. The van der Waals surface area contributed by atoms with Gasteiger partial charge in [0, 0.05) is 16.1 Å². The number of halogens is 1. The quantitative estimate of drug-likeness (QED) is 0.874. The largest absolute Gasteiger partial charge is 0.507 e. The lowest BCUT2D eigenvalue weighted by atomic mass is 10.00. The van der Waals surface area contributed by atoms with E-state index in [1.807, 2.05) is 19.1 Å². The molecule has 14 heavy (non-hydrogen) atoms. The summed E-state index contributed by atoms with van der Waals surface area (Å²) in [7, 11) is 0. The second-order valence-electron chi connectivity index (χ2n) is 3.52. The molecule has 0 aliphatic rings. The summed E-state index contributed by atoms with van der Waals surface area (Å²) in [5.74, 6) is 0.320. The molecule has 3 N–H and O–H groups in total. The highest BCUT2D eigenvalue weighted by molar-refractivity contribution is 9.10. The molecule has 1 aromatic rings. The molecule has 0 aromatic heterocycles. The van der Waals surface area contributed by atoms with Crippen LogP contribution < -0.4 is 5.73 Å². The van der Waals surface area contributed by atoms with Gasteiger partial charge in [0.1, 0.15) is 5.75 Å². The Bertz CT molecular complexity index is 325. The van der Waals surface area contributed by atoms with Gasteiger partial charge in [-0.15, -0.1) is 0 Å². The first-order chi connectivity index (χ1) is 6.57. The van der Waals surface area contributed by atoms with Crippen molar-refractivity contribution in [1.29, 1.82) is 0 Å². The Balaban J connectivity index is 3.11. The summed E-state index contributed by atoms with van der Waals surface area (Å²) in [5, 5.41) is 9.87. The molecule has 0 fully saturated rings. The lowest BCUT2D eigenvalue weighted by Crippen LogP contribution is -2.11. The van der Waals surface area contributed by atoms with Crippen molar-refractivity contribution in [3.05, 3.63) is 27.7 Å². The van der Waals surface area contributed by atoms with Gasteiger partial charge in [-0.05, 0) is 25.0 Å². The maximum atomic E-state index is 9.87. The number of rotatable bonds is 3. The molecule has 1 atom stereocenters. The van der Waals surface area contributed by atoms with Crippen molar-refractivity contribution in [3.8, 4) is 5.75 Å². The summed E-state index contributed by atoms with van der Waals surface area (Å²) < 4.78 is 0.890.